The van der Waals surface area contributed by atoms with E-state index < -0.39 is 0 Å². The predicted molar refractivity (Wildman–Crippen MR) is 88.7 cm³/mol. The van der Waals surface area contributed by atoms with Gasteiger partial charge in [-0.3, -0.25) is 4.98 Å². The summed E-state index contributed by atoms with van der Waals surface area (Å²) in [5.74, 6) is 1.51. The summed E-state index contributed by atoms with van der Waals surface area (Å²) in [5.41, 5.74) is 1.10. The molecule has 0 fully saturated rings. The van der Waals surface area contributed by atoms with Crippen molar-refractivity contribution in [2.24, 2.45) is 11.3 Å². The molecule has 1 N–H and O–H groups in total. The van der Waals surface area contributed by atoms with E-state index in [1.807, 2.05) is 18.2 Å². The van der Waals surface area contributed by atoms with Crippen LogP contribution < -0.4 is 10.1 Å². The number of hydrogen-bond donors (Lipinski definition) is 1. The third kappa shape index (κ3) is 5.01. The molecule has 0 atom stereocenters. The summed E-state index contributed by atoms with van der Waals surface area (Å²) in [6, 6.07) is 10.1. The SMILES string of the molecule is CC(C)CNCC(C)(C)COc1cnc2ccccc2c1. The Morgan fingerprint density at radius 1 is 1.24 bits per heavy atom. The molecule has 0 aliphatic carbocycles. The zero-order valence-electron chi connectivity index (χ0n) is 13.5. The fourth-order valence-corrected chi connectivity index (χ4v) is 2.16. The molecule has 1 heterocycles. The van der Waals surface area contributed by atoms with Gasteiger partial charge in [0.15, 0.2) is 0 Å². The molecule has 1 aromatic heterocycles. The third-order valence-electron chi connectivity index (χ3n) is 3.35. The number of hydrogen-bond acceptors (Lipinski definition) is 3. The maximum absolute atomic E-state index is 5.93. The molecule has 2 aromatic rings. The molecule has 0 aliphatic heterocycles. The molecule has 0 saturated heterocycles. The molecular formula is C18H26N2O. The number of fused-ring (bicyclic) bond motifs is 1. The highest BCUT2D eigenvalue weighted by atomic mass is 16.5. The second-order valence-electron chi connectivity index (χ2n) is 6.84. The Morgan fingerprint density at radius 2 is 2.00 bits per heavy atom. The fraction of sp³-hybridized carbons (Fsp3) is 0.500. The van der Waals surface area contributed by atoms with Crippen LogP contribution in [0.5, 0.6) is 5.75 Å². The predicted octanol–water partition coefficient (Wildman–Crippen LogP) is 3.89. The van der Waals surface area contributed by atoms with Gasteiger partial charge in [0.1, 0.15) is 5.75 Å². The number of nitrogens with one attached hydrogen (secondary N) is 1. The van der Waals surface area contributed by atoms with Crippen LogP contribution in [-0.4, -0.2) is 24.7 Å². The van der Waals surface area contributed by atoms with Crippen molar-refractivity contribution in [1.82, 2.24) is 10.3 Å². The van der Waals surface area contributed by atoms with Crippen molar-refractivity contribution in [3.8, 4) is 5.75 Å². The Kier molecular flexibility index (Phi) is 5.18. The Hall–Kier alpha value is -1.61. The lowest BCUT2D eigenvalue weighted by molar-refractivity contribution is 0.175. The van der Waals surface area contributed by atoms with E-state index >= 15 is 0 Å². The van der Waals surface area contributed by atoms with Crippen LogP contribution in [0, 0.1) is 11.3 Å². The molecule has 3 nitrogen and oxygen atoms in total. The van der Waals surface area contributed by atoms with Crippen molar-refractivity contribution in [2.45, 2.75) is 27.7 Å². The Balaban J connectivity index is 1.91. The van der Waals surface area contributed by atoms with Crippen LogP contribution in [0.15, 0.2) is 36.5 Å². The first-order chi connectivity index (χ1) is 9.96. The quantitative estimate of drug-likeness (QED) is 0.838. The largest absolute Gasteiger partial charge is 0.491 e. The van der Waals surface area contributed by atoms with Crippen LogP contribution >= 0.6 is 0 Å². The third-order valence-corrected chi connectivity index (χ3v) is 3.35. The minimum atomic E-state index is 0.0978. The molecule has 0 radical (unpaired) electrons. The lowest BCUT2D eigenvalue weighted by Crippen LogP contribution is -2.35. The number of rotatable bonds is 7. The van der Waals surface area contributed by atoms with Gasteiger partial charge >= 0.3 is 0 Å². The van der Waals surface area contributed by atoms with E-state index in [2.05, 4.69) is 50.1 Å². The minimum absolute atomic E-state index is 0.0978. The lowest BCUT2D eigenvalue weighted by atomic mass is 9.94. The van der Waals surface area contributed by atoms with Crippen molar-refractivity contribution in [1.29, 1.82) is 0 Å². The molecule has 114 valence electrons. The van der Waals surface area contributed by atoms with Gasteiger partial charge in [-0.05, 0) is 24.6 Å². The molecule has 3 heteroatoms. The molecular weight excluding hydrogens is 260 g/mol. The Morgan fingerprint density at radius 3 is 2.76 bits per heavy atom. The number of nitrogens with zero attached hydrogens (tertiary/aromatic N) is 1. The molecule has 0 amide bonds. The van der Waals surface area contributed by atoms with Crippen molar-refractivity contribution in [2.75, 3.05) is 19.7 Å². The molecule has 0 bridgehead atoms. The molecule has 0 spiro atoms. The van der Waals surface area contributed by atoms with Crippen molar-refractivity contribution >= 4 is 10.9 Å². The van der Waals surface area contributed by atoms with Crippen LogP contribution in [0.3, 0.4) is 0 Å². The Bertz CT molecular complexity index is 578. The van der Waals surface area contributed by atoms with E-state index in [-0.39, 0.29) is 5.41 Å². The summed E-state index contributed by atoms with van der Waals surface area (Å²) in [5, 5.41) is 4.61. The summed E-state index contributed by atoms with van der Waals surface area (Å²) in [7, 11) is 0. The number of ether oxygens (including phenoxy) is 1. The molecule has 2 rings (SSSR count). The summed E-state index contributed by atoms with van der Waals surface area (Å²) < 4.78 is 5.93. The van der Waals surface area contributed by atoms with Gasteiger partial charge < -0.3 is 10.1 Å². The first-order valence-corrected chi connectivity index (χ1v) is 7.65. The highest BCUT2D eigenvalue weighted by molar-refractivity contribution is 5.79. The van der Waals surface area contributed by atoms with Crippen molar-refractivity contribution in [3.63, 3.8) is 0 Å². The number of para-hydroxylation sites is 1. The Labute approximate surface area is 127 Å². The average Bonchev–Trinajstić information content (AvgIpc) is 2.44. The van der Waals surface area contributed by atoms with Gasteiger partial charge in [-0.15, -0.1) is 0 Å². The number of aromatic nitrogens is 1. The van der Waals surface area contributed by atoms with Crippen LogP contribution in [0.1, 0.15) is 27.7 Å². The van der Waals surface area contributed by atoms with Gasteiger partial charge in [0.2, 0.25) is 0 Å². The summed E-state index contributed by atoms with van der Waals surface area (Å²) in [6.45, 7) is 11.5. The highest BCUT2D eigenvalue weighted by Crippen LogP contribution is 2.21. The van der Waals surface area contributed by atoms with Gasteiger partial charge in [0.05, 0.1) is 18.3 Å². The van der Waals surface area contributed by atoms with Crippen LogP contribution in [0.4, 0.5) is 0 Å². The van der Waals surface area contributed by atoms with Gasteiger partial charge in [-0.2, -0.15) is 0 Å². The van der Waals surface area contributed by atoms with Gasteiger partial charge in [0, 0.05) is 17.3 Å². The van der Waals surface area contributed by atoms with E-state index in [4.69, 9.17) is 4.74 Å². The second kappa shape index (κ2) is 6.90. The highest BCUT2D eigenvalue weighted by Gasteiger charge is 2.18. The first kappa shape index (κ1) is 15.8. The van der Waals surface area contributed by atoms with E-state index in [9.17, 15) is 0 Å². The zero-order chi connectivity index (χ0) is 15.3. The fourth-order valence-electron chi connectivity index (χ4n) is 2.16. The van der Waals surface area contributed by atoms with E-state index in [1.165, 1.54) is 0 Å². The van der Waals surface area contributed by atoms with E-state index in [1.54, 1.807) is 6.20 Å². The molecule has 21 heavy (non-hydrogen) atoms. The topological polar surface area (TPSA) is 34.1 Å². The number of pyridine rings is 1. The van der Waals surface area contributed by atoms with Crippen LogP contribution in [-0.2, 0) is 0 Å². The second-order valence-corrected chi connectivity index (χ2v) is 6.84. The summed E-state index contributed by atoms with van der Waals surface area (Å²) in [6.07, 6.45) is 1.81. The standard InChI is InChI=1S/C18H26N2O/c1-14(2)10-19-12-18(3,4)13-21-16-9-15-7-5-6-8-17(15)20-11-16/h5-9,11,14,19H,10,12-13H2,1-4H3. The summed E-state index contributed by atoms with van der Waals surface area (Å²) >= 11 is 0. The molecule has 0 aliphatic rings. The molecule has 0 saturated carbocycles. The summed E-state index contributed by atoms with van der Waals surface area (Å²) in [4.78, 5) is 4.43. The maximum atomic E-state index is 5.93. The normalized spacial score (nSPS) is 12.0. The lowest BCUT2D eigenvalue weighted by Gasteiger charge is -2.25. The van der Waals surface area contributed by atoms with E-state index in [0.29, 0.717) is 12.5 Å². The van der Waals surface area contributed by atoms with Crippen molar-refractivity contribution in [3.05, 3.63) is 36.5 Å². The van der Waals surface area contributed by atoms with Gasteiger partial charge in [-0.1, -0.05) is 45.9 Å². The smallest absolute Gasteiger partial charge is 0.138 e. The van der Waals surface area contributed by atoms with E-state index in [0.717, 1.165) is 29.7 Å². The van der Waals surface area contributed by atoms with Gasteiger partial charge in [0.25, 0.3) is 0 Å². The van der Waals surface area contributed by atoms with Crippen LogP contribution in [0.2, 0.25) is 0 Å². The molecule has 0 unspecified atom stereocenters. The first-order valence-electron chi connectivity index (χ1n) is 7.65. The van der Waals surface area contributed by atoms with Crippen molar-refractivity contribution < 1.29 is 4.74 Å². The minimum Gasteiger partial charge on any atom is -0.491 e. The monoisotopic (exact) mass is 286 g/mol. The molecule has 1 aromatic carbocycles. The maximum Gasteiger partial charge on any atom is 0.138 e. The van der Waals surface area contributed by atoms with Gasteiger partial charge in [-0.25, -0.2) is 0 Å². The zero-order valence-corrected chi connectivity index (χ0v) is 13.5. The average molecular weight is 286 g/mol. The number of benzene rings is 1. The van der Waals surface area contributed by atoms with Crippen LogP contribution in [0.25, 0.3) is 10.9 Å².